The van der Waals surface area contributed by atoms with E-state index < -0.39 is 33.6 Å². The molecule has 1 aliphatic rings. The van der Waals surface area contributed by atoms with Crippen LogP contribution in [0.1, 0.15) is 29.3 Å². The van der Waals surface area contributed by atoms with Crippen LogP contribution in [-0.4, -0.2) is 31.7 Å². The summed E-state index contributed by atoms with van der Waals surface area (Å²) >= 11 is 0.994. The topological polar surface area (TPSA) is 90.3 Å². The number of sulfonamides is 1. The van der Waals surface area contributed by atoms with Gasteiger partial charge in [-0.25, -0.2) is 17.2 Å². The molecule has 10 heteroatoms. The zero-order chi connectivity index (χ0) is 20.3. The summed E-state index contributed by atoms with van der Waals surface area (Å²) < 4.78 is 53.5. The maximum atomic E-state index is 13.8. The Morgan fingerprint density at radius 3 is 2.61 bits per heavy atom. The van der Waals surface area contributed by atoms with Gasteiger partial charge in [-0.3, -0.25) is 4.79 Å². The Labute approximate surface area is 165 Å². The third-order valence-electron chi connectivity index (χ3n) is 4.34. The fraction of sp³-hybridized carbons (Fsp3) is 0.333. The molecule has 1 aliphatic heterocycles. The molecular weight excluding hydrogens is 408 g/mol. The first-order valence-corrected chi connectivity index (χ1v) is 10.8. The van der Waals surface area contributed by atoms with Crippen molar-refractivity contribution in [2.45, 2.75) is 29.5 Å². The Morgan fingerprint density at radius 2 is 1.96 bits per heavy atom. The van der Waals surface area contributed by atoms with E-state index in [1.807, 2.05) is 0 Å². The molecule has 1 amide bonds. The van der Waals surface area contributed by atoms with Gasteiger partial charge in [0.15, 0.2) is 0 Å². The van der Waals surface area contributed by atoms with Crippen LogP contribution in [0.3, 0.4) is 0 Å². The third kappa shape index (κ3) is 4.38. The molecule has 6 nitrogen and oxygen atoms in total. The van der Waals surface area contributed by atoms with Gasteiger partial charge in [0, 0.05) is 29.6 Å². The lowest BCUT2D eigenvalue weighted by molar-refractivity contribution is -0.120. The highest BCUT2D eigenvalue weighted by Gasteiger charge is 2.28. The zero-order valence-corrected chi connectivity index (χ0v) is 16.3. The summed E-state index contributed by atoms with van der Waals surface area (Å²) in [4.78, 5) is 12.7. The number of rotatable bonds is 6. The molecule has 3 rings (SSSR count). The van der Waals surface area contributed by atoms with Gasteiger partial charge >= 0.3 is 0 Å². The number of hydrogen-bond acceptors (Lipinski definition) is 5. The van der Waals surface area contributed by atoms with Crippen molar-refractivity contribution >= 4 is 27.3 Å². The number of nitrogens with zero attached hydrogens (tertiary/aromatic N) is 2. The van der Waals surface area contributed by atoms with Crippen LogP contribution in [0, 0.1) is 23.0 Å². The summed E-state index contributed by atoms with van der Waals surface area (Å²) in [6.07, 6.45) is 1.51. The molecule has 1 aromatic heterocycles. The fourth-order valence-corrected chi connectivity index (χ4v) is 5.96. The van der Waals surface area contributed by atoms with Gasteiger partial charge in [-0.2, -0.15) is 9.57 Å². The number of carbonyl (C=O) groups excluding carboxylic acids is 1. The zero-order valence-electron chi connectivity index (χ0n) is 14.7. The second kappa shape index (κ2) is 8.34. The van der Waals surface area contributed by atoms with Crippen LogP contribution in [-0.2, 0) is 21.2 Å². The minimum absolute atomic E-state index is 0.138. The summed E-state index contributed by atoms with van der Waals surface area (Å²) in [5.74, 6) is -2.28. The number of amides is 1. The van der Waals surface area contributed by atoms with E-state index in [2.05, 4.69) is 5.32 Å². The molecule has 2 aromatic rings. The van der Waals surface area contributed by atoms with Crippen molar-refractivity contribution in [1.82, 2.24) is 9.62 Å². The highest BCUT2D eigenvalue weighted by molar-refractivity contribution is 7.91. The Morgan fingerprint density at radius 1 is 1.25 bits per heavy atom. The Bertz CT molecular complexity index is 1020. The van der Waals surface area contributed by atoms with Crippen LogP contribution in [0.4, 0.5) is 8.78 Å². The van der Waals surface area contributed by atoms with Gasteiger partial charge in [-0.05, 0) is 31.0 Å². The molecule has 1 aromatic carbocycles. The standard InChI is InChI=1S/C18H17F2N3O3S2/c19-12-3-5-14(15(20)9-12)16(11-21)22-17(24)10-13-4-6-18(27-13)28(25,26)23-7-1-2-8-23/h3-6,9,16H,1-2,7-8,10H2,(H,22,24). The second-order valence-corrected chi connectivity index (χ2v) is 9.64. The van der Waals surface area contributed by atoms with Gasteiger partial charge in [-0.1, -0.05) is 6.07 Å². The van der Waals surface area contributed by atoms with Gasteiger partial charge in [0.05, 0.1) is 12.5 Å². The van der Waals surface area contributed by atoms with E-state index in [-0.39, 0.29) is 16.2 Å². The maximum Gasteiger partial charge on any atom is 0.252 e. The summed E-state index contributed by atoms with van der Waals surface area (Å²) in [7, 11) is -3.55. The number of halogens is 2. The smallest absolute Gasteiger partial charge is 0.252 e. The summed E-state index contributed by atoms with van der Waals surface area (Å²) in [6.45, 7) is 0.978. The predicted octanol–water partition coefficient (Wildman–Crippen LogP) is 2.73. The van der Waals surface area contributed by atoms with Crippen molar-refractivity contribution in [3.8, 4) is 6.07 Å². The lowest BCUT2D eigenvalue weighted by atomic mass is 10.1. The Balaban J connectivity index is 1.68. The Hall–Kier alpha value is -2.35. The molecule has 1 unspecified atom stereocenters. The van der Waals surface area contributed by atoms with Crippen molar-refractivity contribution in [2.75, 3.05) is 13.1 Å². The molecule has 148 valence electrons. The van der Waals surface area contributed by atoms with E-state index in [1.165, 1.54) is 10.4 Å². The lowest BCUT2D eigenvalue weighted by Crippen LogP contribution is -2.29. The highest BCUT2D eigenvalue weighted by atomic mass is 32.2. The molecule has 1 fully saturated rings. The predicted molar refractivity (Wildman–Crippen MR) is 98.9 cm³/mol. The minimum atomic E-state index is -3.55. The lowest BCUT2D eigenvalue weighted by Gasteiger charge is -2.13. The fourth-order valence-electron chi connectivity index (χ4n) is 2.93. The molecule has 2 heterocycles. The number of benzene rings is 1. The molecule has 1 saturated heterocycles. The molecule has 0 spiro atoms. The number of hydrogen-bond donors (Lipinski definition) is 1. The SMILES string of the molecule is N#CC(NC(=O)Cc1ccc(S(=O)(=O)N2CCCC2)s1)c1ccc(F)cc1F. The van der Waals surface area contributed by atoms with E-state index >= 15 is 0 Å². The van der Waals surface area contributed by atoms with Crippen LogP contribution in [0.2, 0.25) is 0 Å². The maximum absolute atomic E-state index is 13.8. The van der Waals surface area contributed by atoms with Crippen LogP contribution in [0.5, 0.6) is 0 Å². The van der Waals surface area contributed by atoms with Crippen LogP contribution in [0.15, 0.2) is 34.5 Å². The van der Waals surface area contributed by atoms with Crippen molar-refractivity contribution in [3.05, 3.63) is 52.4 Å². The van der Waals surface area contributed by atoms with Gasteiger partial charge in [0.25, 0.3) is 10.0 Å². The number of nitriles is 1. The molecule has 0 radical (unpaired) electrons. The quantitative estimate of drug-likeness (QED) is 0.771. The summed E-state index contributed by atoms with van der Waals surface area (Å²) in [6, 6.07) is 6.25. The number of thiophene rings is 1. The van der Waals surface area contributed by atoms with Gasteiger partial charge < -0.3 is 5.32 Å². The third-order valence-corrected chi connectivity index (χ3v) is 7.79. The van der Waals surface area contributed by atoms with Crippen molar-refractivity contribution in [3.63, 3.8) is 0 Å². The van der Waals surface area contributed by atoms with Gasteiger partial charge in [0.1, 0.15) is 21.9 Å². The van der Waals surface area contributed by atoms with E-state index in [4.69, 9.17) is 0 Å². The van der Waals surface area contributed by atoms with Gasteiger partial charge in [0.2, 0.25) is 5.91 Å². The van der Waals surface area contributed by atoms with E-state index in [0.717, 1.165) is 36.3 Å². The average Bonchev–Trinajstić information content (AvgIpc) is 3.32. The number of nitrogens with one attached hydrogen (secondary N) is 1. The molecule has 0 saturated carbocycles. The highest BCUT2D eigenvalue weighted by Crippen LogP contribution is 2.28. The van der Waals surface area contributed by atoms with E-state index in [1.54, 1.807) is 12.1 Å². The first-order valence-electron chi connectivity index (χ1n) is 8.54. The summed E-state index contributed by atoms with van der Waals surface area (Å²) in [5, 5.41) is 11.6. The first-order chi connectivity index (χ1) is 13.3. The number of carbonyl (C=O) groups is 1. The molecule has 0 aliphatic carbocycles. The monoisotopic (exact) mass is 425 g/mol. The largest absolute Gasteiger partial charge is 0.336 e. The molecular formula is C18H17F2N3O3S2. The normalized spacial score (nSPS) is 15.9. The molecule has 28 heavy (non-hydrogen) atoms. The molecule has 1 atom stereocenters. The van der Waals surface area contributed by atoms with Crippen molar-refractivity contribution in [1.29, 1.82) is 5.26 Å². The minimum Gasteiger partial charge on any atom is -0.336 e. The molecule has 0 bridgehead atoms. The van der Waals surface area contributed by atoms with Crippen LogP contribution in [0.25, 0.3) is 0 Å². The van der Waals surface area contributed by atoms with Crippen LogP contribution >= 0.6 is 11.3 Å². The second-order valence-electron chi connectivity index (χ2n) is 6.30. The average molecular weight is 425 g/mol. The van der Waals surface area contributed by atoms with Crippen molar-refractivity contribution in [2.24, 2.45) is 0 Å². The van der Waals surface area contributed by atoms with E-state index in [0.29, 0.717) is 24.0 Å². The van der Waals surface area contributed by atoms with Crippen LogP contribution < -0.4 is 5.32 Å². The first kappa shape index (κ1) is 20.4. The van der Waals surface area contributed by atoms with E-state index in [9.17, 15) is 27.3 Å². The van der Waals surface area contributed by atoms with Gasteiger partial charge in [-0.15, -0.1) is 11.3 Å². The van der Waals surface area contributed by atoms with Crippen molar-refractivity contribution < 1.29 is 22.0 Å². The summed E-state index contributed by atoms with van der Waals surface area (Å²) in [5.41, 5.74) is -0.138. The Kier molecular flexibility index (Phi) is 6.07. The molecule has 1 N–H and O–H groups in total.